The summed E-state index contributed by atoms with van der Waals surface area (Å²) in [5.74, 6) is 0.875. The Kier molecular flexibility index (Phi) is 7.26. The molecule has 1 fully saturated rings. The fourth-order valence-electron chi connectivity index (χ4n) is 3.60. The minimum atomic E-state index is -3.74. The van der Waals surface area contributed by atoms with E-state index < -0.39 is 22.2 Å². The number of nitrogens with one attached hydrogen (secondary N) is 1. The smallest absolute Gasteiger partial charge is 0.407 e. The third-order valence-electron chi connectivity index (χ3n) is 5.18. The second-order valence-electron chi connectivity index (χ2n) is 7.85. The quantitative estimate of drug-likeness (QED) is 0.682. The number of carbonyl (C=O) groups is 2. The molecule has 1 aromatic carbocycles. The Bertz CT molecular complexity index is 911. The Balaban J connectivity index is 1.66. The summed E-state index contributed by atoms with van der Waals surface area (Å²) >= 11 is 0. The summed E-state index contributed by atoms with van der Waals surface area (Å²) in [4.78, 5) is 26.3. The number of hydrogen-bond donors (Lipinski definition) is 1. The number of nitrogens with zero attached hydrogens (tertiary/aromatic N) is 2. The highest BCUT2D eigenvalue weighted by Crippen LogP contribution is 2.33. The molecule has 1 unspecified atom stereocenters. The molecule has 2 amide bonds. The number of piperazine rings is 1. The van der Waals surface area contributed by atoms with Gasteiger partial charge in [0, 0.05) is 32.2 Å². The summed E-state index contributed by atoms with van der Waals surface area (Å²) in [6.45, 7) is 5.50. The number of hydrogen-bond acceptors (Lipinski definition) is 7. The zero-order valence-electron chi connectivity index (χ0n) is 18.0. The summed E-state index contributed by atoms with van der Waals surface area (Å²) in [6.07, 6.45) is -0.206. The lowest BCUT2D eigenvalue weighted by atomic mass is 10.0. The average Bonchev–Trinajstić information content (AvgIpc) is 2.77. The number of sulfonamides is 1. The van der Waals surface area contributed by atoms with E-state index >= 15 is 0 Å². The second-order valence-corrected chi connectivity index (χ2v) is 9.79. The maximum Gasteiger partial charge on any atom is 0.407 e. The van der Waals surface area contributed by atoms with Crippen molar-refractivity contribution >= 4 is 22.0 Å². The summed E-state index contributed by atoms with van der Waals surface area (Å²) in [6, 6.07) is 3.85. The normalized spacial score (nSPS) is 17.9. The maximum atomic E-state index is 13.1. The first kappa shape index (κ1) is 23.1. The van der Waals surface area contributed by atoms with Gasteiger partial charge in [-0.1, -0.05) is 13.8 Å². The number of benzene rings is 1. The van der Waals surface area contributed by atoms with E-state index in [-0.39, 0.29) is 42.9 Å². The van der Waals surface area contributed by atoms with Crippen LogP contribution in [0.15, 0.2) is 23.1 Å². The van der Waals surface area contributed by atoms with Crippen LogP contribution in [0.25, 0.3) is 0 Å². The van der Waals surface area contributed by atoms with Crippen LogP contribution in [-0.2, 0) is 19.6 Å². The van der Waals surface area contributed by atoms with Crippen molar-refractivity contribution in [2.45, 2.75) is 31.2 Å². The van der Waals surface area contributed by atoms with Crippen LogP contribution in [0.4, 0.5) is 4.79 Å². The lowest BCUT2D eigenvalue weighted by Crippen LogP contribution is -2.56. The van der Waals surface area contributed by atoms with Gasteiger partial charge in [-0.15, -0.1) is 0 Å². The van der Waals surface area contributed by atoms with Gasteiger partial charge in [-0.05, 0) is 24.5 Å². The highest BCUT2D eigenvalue weighted by molar-refractivity contribution is 7.89. The molecule has 1 aromatic rings. The van der Waals surface area contributed by atoms with Crippen LogP contribution in [0.2, 0.25) is 0 Å². The lowest BCUT2D eigenvalue weighted by Gasteiger charge is -2.36. The number of alkyl carbamates (subject to hydrolysis) is 1. The van der Waals surface area contributed by atoms with E-state index in [4.69, 9.17) is 9.47 Å². The Morgan fingerprint density at radius 2 is 1.74 bits per heavy atom. The van der Waals surface area contributed by atoms with E-state index in [1.165, 1.54) is 23.5 Å². The molecule has 2 heterocycles. The standard InChI is InChI=1S/C20H29N3O7S/c1-14(2)12-16(21-20(25)28-3)19(24)22-6-8-23(9-7-22)31(26,27)15-4-5-17-18(13-15)30-11-10-29-17/h4-5,13-14,16H,6-12H2,1-3H3,(H,21,25). The van der Waals surface area contributed by atoms with Gasteiger partial charge in [0.25, 0.3) is 0 Å². The van der Waals surface area contributed by atoms with Crippen molar-refractivity contribution in [1.82, 2.24) is 14.5 Å². The molecule has 2 aliphatic rings. The summed E-state index contributed by atoms with van der Waals surface area (Å²) in [5.41, 5.74) is 0. The molecule has 0 aromatic heterocycles. The van der Waals surface area contributed by atoms with Gasteiger partial charge in [-0.3, -0.25) is 4.79 Å². The Labute approximate surface area is 182 Å². The van der Waals surface area contributed by atoms with Crippen molar-refractivity contribution in [2.75, 3.05) is 46.5 Å². The van der Waals surface area contributed by atoms with Crippen molar-refractivity contribution in [2.24, 2.45) is 5.92 Å². The number of amides is 2. The highest BCUT2D eigenvalue weighted by atomic mass is 32.2. The zero-order valence-corrected chi connectivity index (χ0v) is 18.8. The molecule has 172 valence electrons. The van der Waals surface area contributed by atoms with Crippen LogP contribution in [0.1, 0.15) is 20.3 Å². The molecule has 10 nitrogen and oxygen atoms in total. The maximum absolute atomic E-state index is 13.1. The first-order chi connectivity index (χ1) is 14.7. The van der Waals surface area contributed by atoms with Crippen LogP contribution in [0.5, 0.6) is 11.5 Å². The molecule has 0 saturated carbocycles. The molecular formula is C20H29N3O7S. The molecule has 0 spiro atoms. The van der Waals surface area contributed by atoms with Gasteiger partial charge in [0.2, 0.25) is 15.9 Å². The lowest BCUT2D eigenvalue weighted by molar-refractivity contribution is -0.135. The van der Waals surface area contributed by atoms with Crippen molar-refractivity contribution in [1.29, 1.82) is 0 Å². The van der Waals surface area contributed by atoms with E-state index in [1.807, 2.05) is 13.8 Å². The molecule has 1 N–H and O–H groups in total. The molecular weight excluding hydrogens is 426 g/mol. The van der Waals surface area contributed by atoms with Crippen LogP contribution in [0, 0.1) is 5.92 Å². The average molecular weight is 456 g/mol. The van der Waals surface area contributed by atoms with Crippen molar-refractivity contribution in [3.8, 4) is 11.5 Å². The predicted molar refractivity (Wildman–Crippen MR) is 112 cm³/mol. The molecule has 11 heteroatoms. The third-order valence-corrected chi connectivity index (χ3v) is 7.08. The fraction of sp³-hybridized carbons (Fsp3) is 0.600. The number of rotatable bonds is 6. The summed E-state index contributed by atoms with van der Waals surface area (Å²) in [5, 5.41) is 2.58. The number of ether oxygens (including phenoxy) is 3. The second kappa shape index (κ2) is 9.73. The Morgan fingerprint density at radius 3 is 2.35 bits per heavy atom. The first-order valence-electron chi connectivity index (χ1n) is 10.3. The molecule has 0 aliphatic carbocycles. The molecule has 3 rings (SSSR count). The summed E-state index contributed by atoms with van der Waals surface area (Å²) in [7, 11) is -2.49. The Hall–Kier alpha value is -2.53. The van der Waals surface area contributed by atoms with Crippen molar-refractivity contribution in [3.63, 3.8) is 0 Å². The molecule has 0 radical (unpaired) electrons. The number of methoxy groups -OCH3 is 1. The predicted octanol–water partition coefficient (Wildman–Crippen LogP) is 1.06. The molecule has 0 bridgehead atoms. The third kappa shape index (κ3) is 5.40. The molecule has 1 saturated heterocycles. The van der Waals surface area contributed by atoms with Gasteiger partial charge < -0.3 is 24.4 Å². The molecule has 31 heavy (non-hydrogen) atoms. The van der Waals surface area contributed by atoms with Crippen LogP contribution in [0.3, 0.4) is 0 Å². The minimum Gasteiger partial charge on any atom is -0.486 e. The SMILES string of the molecule is COC(=O)NC(CC(C)C)C(=O)N1CCN(S(=O)(=O)c2ccc3c(c2)OCCO3)CC1. The van der Waals surface area contributed by atoms with Gasteiger partial charge >= 0.3 is 6.09 Å². The van der Waals surface area contributed by atoms with E-state index in [1.54, 1.807) is 11.0 Å². The monoisotopic (exact) mass is 455 g/mol. The zero-order chi connectivity index (χ0) is 22.6. The topological polar surface area (TPSA) is 114 Å². The van der Waals surface area contributed by atoms with E-state index in [2.05, 4.69) is 10.1 Å². The van der Waals surface area contributed by atoms with Crippen LogP contribution < -0.4 is 14.8 Å². The van der Waals surface area contributed by atoms with Crippen molar-refractivity contribution < 1.29 is 32.2 Å². The number of fused-ring (bicyclic) bond motifs is 1. The van der Waals surface area contributed by atoms with Gasteiger partial charge in [0.15, 0.2) is 11.5 Å². The van der Waals surface area contributed by atoms with Gasteiger partial charge in [0.1, 0.15) is 19.3 Å². The van der Waals surface area contributed by atoms with Gasteiger partial charge in [0.05, 0.1) is 12.0 Å². The van der Waals surface area contributed by atoms with Crippen LogP contribution in [-0.4, -0.2) is 82.2 Å². The first-order valence-corrected chi connectivity index (χ1v) is 11.7. The molecule has 1 atom stereocenters. The highest BCUT2D eigenvalue weighted by Gasteiger charge is 2.34. The van der Waals surface area contributed by atoms with Crippen molar-refractivity contribution in [3.05, 3.63) is 18.2 Å². The minimum absolute atomic E-state index is 0.126. The van der Waals surface area contributed by atoms with Gasteiger partial charge in [-0.25, -0.2) is 13.2 Å². The Morgan fingerprint density at radius 1 is 1.10 bits per heavy atom. The summed E-state index contributed by atoms with van der Waals surface area (Å²) < 4.78 is 43.0. The van der Waals surface area contributed by atoms with E-state index in [0.29, 0.717) is 31.1 Å². The van der Waals surface area contributed by atoms with E-state index in [0.717, 1.165) is 0 Å². The van der Waals surface area contributed by atoms with Crippen LogP contribution >= 0.6 is 0 Å². The largest absolute Gasteiger partial charge is 0.486 e. The van der Waals surface area contributed by atoms with Gasteiger partial charge in [-0.2, -0.15) is 4.31 Å². The number of carbonyl (C=O) groups excluding carboxylic acids is 2. The fourth-order valence-corrected chi connectivity index (χ4v) is 5.03. The van der Waals surface area contributed by atoms with E-state index in [9.17, 15) is 18.0 Å². The molecule has 2 aliphatic heterocycles.